The van der Waals surface area contributed by atoms with E-state index in [0.717, 1.165) is 41.2 Å². The first-order valence-corrected chi connectivity index (χ1v) is 7.24. The molecule has 1 aliphatic heterocycles. The molecule has 0 spiro atoms. The maximum absolute atomic E-state index is 11.4. The number of hydrogen-bond donors (Lipinski definition) is 0. The summed E-state index contributed by atoms with van der Waals surface area (Å²) >= 11 is 3.41. The summed E-state index contributed by atoms with van der Waals surface area (Å²) in [7, 11) is -0.631. The molecule has 0 N–H and O–H groups in total. The Kier molecular flexibility index (Phi) is 3.75. The van der Waals surface area contributed by atoms with Crippen LogP contribution in [0.2, 0.25) is 0 Å². The lowest BCUT2D eigenvalue weighted by atomic mass is 10.3. The molecule has 2 rings (SSSR count). The normalized spacial score (nSPS) is 22.5. The second-order valence-electron chi connectivity index (χ2n) is 3.55. The highest BCUT2D eigenvalue weighted by atomic mass is 79.9. The standard InChI is InChI=1S/C10H13BrN2OS/c11-9-6-10(8-12-7-9)13-2-1-4-15(14)5-3-13/h6-8H,1-5H2. The van der Waals surface area contributed by atoms with E-state index >= 15 is 0 Å². The molecule has 1 saturated heterocycles. The summed E-state index contributed by atoms with van der Waals surface area (Å²) in [6, 6.07) is 2.06. The number of halogens is 1. The van der Waals surface area contributed by atoms with Gasteiger partial charge in [-0.25, -0.2) is 0 Å². The zero-order valence-corrected chi connectivity index (χ0v) is 10.8. The molecule has 0 radical (unpaired) electrons. The molecule has 82 valence electrons. The molecular formula is C10H13BrN2OS. The molecular weight excluding hydrogens is 276 g/mol. The van der Waals surface area contributed by atoms with Crippen LogP contribution in [-0.4, -0.2) is 33.8 Å². The van der Waals surface area contributed by atoms with Crippen molar-refractivity contribution in [1.82, 2.24) is 4.98 Å². The predicted octanol–water partition coefficient (Wildman–Crippen LogP) is 1.80. The molecule has 0 aliphatic carbocycles. The number of hydrogen-bond acceptors (Lipinski definition) is 3. The van der Waals surface area contributed by atoms with Gasteiger partial charge >= 0.3 is 0 Å². The molecule has 1 aromatic heterocycles. The van der Waals surface area contributed by atoms with Crippen LogP contribution in [0.1, 0.15) is 6.42 Å². The third-order valence-corrected chi connectivity index (χ3v) is 4.26. The van der Waals surface area contributed by atoms with Crippen LogP contribution in [0.4, 0.5) is 5.69 Å². The van der Waals surface area contributed by atoms with E-state index in [4.69, 9.17) is 0 Å². The molecule has 1 unspecified atom stereocenters. The third-order valence-electron chi connectivity index (χ3n) is 2.44. The summed E-state index contributed by atoms with van der Waals surface area (Å²) in [5.41, 5.74) is 1.11. The van der Waals surface area contributed by atoms with Crippen molar-refractivity contribution in [2.24, 2.45) is 0 Å². The fourth-order valence-electron chi connectivity index (χ4n) is 1.67. The smallest absolute Gasteiger partial charge is 0.0564 e. The van der Waals surface area contributed by atoms with Crippen molar-refractivity contribution >= 4 is 32.4 Å². The van der Waals surface area contributed by atoms with Gasteiger partial charge in [0.25, 0.3) is 0 Å². The predicted molar refractivity (Wildman–Crippen MR) is 66.6 cm³/mol. The van der Waals surface area contributed by atoms with E-state index in [9.17, 15) is 4.21 Å². The maximum atomic E-state index is 11.4. The van der Waals surface area contributed by atoms with E-state index < -0.39 is 10.8 Å². The van der Waals surface area contributed by atoms with E-state index in [-0.39, 0.29) is 0 Å². The zero-order chi connectivity index (χ0) is 10.7. The maximum Gasteiger partial charge on any atom is 0.0564 e. The van der Waals surface area contributed by atoms with Crippen LogP contribution >= 0.6 is 15.9 Å². The van der Waals surface area contributed by atoms with E-state index in [0.29, 0.717) is 0 Å². The highest BCUT2D eigenvalue weighted by Gasteiger charge is 2.13. The minimum absolute atomic E-state index is 0.631. The molecule has 5 heteroatoms. The minimum Gasteiger partial charge on any atom is -0.369 e. The number of pyridine rings is 1. The Hall–Kier alpha value is -0.420. The van der Waals surface area contributed by atoms with Gasteiger partial charge in [0, 0.05) is 46.1 Å². The molecule has 1 atom stereocenters. The van der Waals surface area contributed by atoms with Crippen molar-refractivity contribution in [3.05, 3.63) is 22.9 Å². The Balaban J connectivity index is 2.13. The van der Waals surface area contributed by atoms with E-state index in [1.54, 1.807) is 6.20 Å². The highest BCUT2D eigenvalue weighted by molar-refractivity contribution is 9.10. The summed E-state index contributed by atoms with van der Waals surface area (Å²) in [5.74, 6) is 1.60. The molecule has 2 heterocycles. The van der Waals surface area contributed by atoms with Gasteiger partial charge in [-0.2, -0.15) is 0 Å². The second-order valence-corrected chi connectivity index (χ2v) is 6.16. The second kappa shape index (κ2) is 5.07. The van der Waals surface area contributed by atoms with Crippen LogP contribution in [-0.2, 0) is 10.8 Å². The fraction of sp³-hybridized carbons (Fsp3) is 0.500. The average molecular weight is 289 g/mol. The lowest BCUT2D eigenvalue weighted by Crippen LogP contribution is -2.26. The summed E-state index contributed by atoms with van der Waals surface area (Å²) in [6.45, 7) is 1.84. The van der Waals surface area contributed by atoms with Crippen molar-refractivity contribution < 1.29 is 4.21 Å². The Bertz CT molecular complexity index is 372. The van der Waals surface area contributed by atoms with Gasteiger partial charge in [0.1, 0.15) is 0 Å². The highest BCUT2D eigenvalue weighted by Crippen LogP contribution is 2.19. The molecule has 1 aromatic rings. The largest absolute Gasteiger partial charge is 0.369 e. The summed E-state index contributed by atoms with van der Waals surface area (Å²) in [6.07, 6.45) is 4.64. The lowest BCUT2D eigenvalue weighted by Gasteiger charge is -2.21. The number of nitrogens with zero attached hydrogens (tertiary/aromatic N) is 2. The number of rotatable bonds is 1. The van der Waals surface area contributed by atoms with E-state index in [1.807, 2.05) is 6.20 Å². The Morgan fingerprint density at radius 3 is 3.00 bits per heavy atom. The first-order valence-electron chi connectivity index (χ1n) is 4.96. The summed E-state index contributed by atoms with van der Waals surface area (Å²) in [4.78, 5) is 6.40. The molecule has 0 aromatic carbocycles. The molecule has 1 aliphatic rings. The Morgan fingerprint density at radius 1 is 1.33 bits per heavy atom. The van der Waals surface area contributed by atoms with E-state index in [2.05, 4.69) is 31.9 Å². The van der Waals surface area contributed by atoms with Crippen molar-refractivity contribution in [3.63, 3.8) is 0 Å². The molecule has 0 saturated carbocycles. The Labute approximate surface area is 100 Å². The quantitative estimate of drug-likeness (QED) is 0.790. The van der Waals surface area contributed by atoms with Gasteiger partial charge in [-0.3, -0.25) is 9.19 Å². The van der Waals surface area contributed by atoms with E-state index in [1.165, 1.54) is 0 Å². The van der Waals surface area contributed by atoms with Crippen molar-refractivity contribution in [3.8, 4) is 0 Å². The van der Waals surface area contributed by atoms with Gasteiger partial charge < -0.3 is 4.90 Å². The fourth-order valence-corrected chi connectivity index (χ4v) is 3.11. The van der Waals surface area contributed by atoms with Gasteiger partial charge in [-0.05, 0) is 28.4 Å². The van der Waals surface area contributed by atoms with Gasteiger partial charge in [-0.15, -0.1) is 0 Å². The van der Waals surface area contributed by atoms with Crippen molar-refractivity contribution in [2.45, 2.75) is 6.42 Å². The molecule has 1 fully saturated rings. The van der Waals surface area contributed by atoms with Gasteiger partial charge in [0.05, 0.1) is 11.9 Å². The average Bonchev–Trinajstić information content (AvgIpc) is 2.43. The van der Waals surface area contributed by atoms with Crippen LogP contribution in [0.5, 0.6) is 0 Å². The molecule has 15 heavy (non-hydrogen) atoms. The van der Waals surface area contributed by atoms with Crippen LogP contribution in [0.3, 0.4) is 0 Å². The van der Waals surface area contributed by atoms with Crippen molar-refractivity contribution in [2.75, 3.05) is 29.5 Å². The summed E-state index contributed by atoms with van der Waals surface area (Å²) < 4.78 is 12.4. The first-order chi connectivity index (χ1) is 7.25. The lowest BCUT2D eigenvalue weighted by molar-refractivity contribution is 0.683. The van der Waals surface area contributed by atoms with Crippen molar-refractivity contribution in [1.29, 1.82) is 0 Å². The third kappa shape index (κ3) is 3.01. The van der Waals surface area contributed by atoms with Gasteiger partial charge in [0.15, 0.2) is 0 Å². The minimum atomic E-state index is -0.631. The zero-order valence-electron chi connectivity index (χ0n) is 8.36. The SMILES string of the molecule is O=S1CCCN(c2cncc(Br)c2)CC1. The van der Waals surface area contributed by atoms with Crippen LogP contribution in [0, 0.1) is 0 Å². The van der Waals surface area contributed by atoms with Gasteiger partial charge in [0.2, 0.25) is 0 Å². The molecule has 0 amide bonds. The summed E-state index contributed by atoms with van der Waals surface area (Å²) in [5, 5.41) is 0. The Morgan fingerprint density at radius 2 is 2.20 bits per heavy atom. The topological polar surface area (TPSA) is 33.2 Å². The van der Waals surface area contributed by atoms with Crippen LogP contribution in [0.15, 0.2) is 22.9 Å². The number of aromatic nitrogens is 1. The molecule has 3 nitrogen and oxygen atoms in total. The van der Waals surface area contributed by atoms with Crippen LogP contribution < -0.4 is 4.90 Å². The van der Waals surface area contributed by atoms with Gasteiger partial charge in [-0.1, -0.05) is 0 Å². The van der Waals surface area contributed by atoms with Crippen LogP contribution in [0.25, 0.3) is 0 Å². The first kappa shape index (κ1) is 11.1. The molecule has 0 bridgehead atoms. The monoisotopic (exact) mass is 288 g/mol. The number of anilines is 1.